The maximum Gasteiger partial charge on any atom is 0.249 e. The molecule has 2 atom stereocenters. The minimum Gasteiger partial charge on any atom is -0.385 e. The van der Waals surface area contributed by atoms with Crippen molar-refractivity contribution in [1.82, 2.24) is 0 Å². The van der Waals surface area contributed by atoms with E-state index >= 15 is 0 Å². The molecule has 0 spiro atoms. The largest absolute Gasteiger partial charge is 0.385 e. The molecule has 16 heavy (non-hydrogen) atoms. The van der Waals surface area contributed by atoms with E-state index in [4.69, 9.17) is 5.11 Å². The highest BCUT2D eigenvalue weighted by atomic mass is 19.2. The van der Waals surface area contributed by atoms with Gasteiger partial charge in [-0.05, 0) is 6.07 Å². The lowest BCUT2D eigenvalue weighted by Gasteiger charge is -2.15. The fourth-order valence-electron chi connectivity index (χ4n) is 1.09. The lowest BCUT2D eigenvalue weighted by molar-refractivity contribution is -0.132. The zero-order valence-corrected chi connectivity index (χ0v) is 7.82. The number of primary amides is 1. The molecule has 7 heteroatoms. The number of nitrogens with two attached hydrogens (primary N) is 1. The normalized spacial score (nSPS) is 14.6. The first-order valence-corrected chi connectivity index (χ1v) is 4.15. The highest BCUT2D eigenvalue weighted by Crippen LogP contribution is 2.23. The van der Waals surface area contributed by atoms with Crippen molar-refractivity contribution in [2.75, 3.05) is 0 Å². The number of aliphatic hydroxyl groups excluding tert-OH is 2. The molecule has 1 aromatic rings. The van der Waals surface area contributed by atoms with Crippen LogP contribution >= 0.6 is 0 Å². The Kier molecular flexibility index (Phi) is 3.51. The summed E-state index contributed by atoms with van der Waals surface area (Å²) in [5.41, 5.74) is 3.91. The highest BCUT2D eigenvalue weighted by Gasteiger charge is 2.28. The molecular formula is C9H8F3NO3. The van der Waals surface area contributed by atoms with E-state index in [1.165, 1.54) is 0 Å². The molecule has 0 aliphatic heterocycles. The van der Waals surface area contributed by atoms with Crippen LogP contribution in [0.5, 0.6) is 0 Å². The number of amides is 1. The maximum atomic E-state index is 13.1. The maximum absolute atomic E-state index is 13.1. The molecule has 0 fully saturated rings. The monoisotopic (exact) mass is 235 g/mol. The van der Waals surface area contributed by atoms with Crippen molar-refractivity contribution in [3.8, 4) is 0 Å². The van der Waals surface area contributed by atoms with Gasteiger partial charge in [-0.3, -0.25) is 4.79 Å². The number of carbonyl (C=O) groups is 1. The van der Waals surface area contributed by atoms with Crippen LogP contribution in [-0.2, 0) is 4.79 Å². The zero-order valence-electron chi connectivity index (χ0n) is 7.82. The molecule has 1 rings (SSSR count). The number of halogens is 3. The van der Waals surface area contributed by atoms with Crippen molar-refractivity contribution in [3.63, 3.8) is 0 Å². The summed E-state index contributed by atoms with van der Waals surface area (Å²) in [4.78, 5) is 10.5. The van der Waals surface area contributed by atoms with Crippen molar-refractivity contribution in [1.29, 1.82) is 0 Å². The first-order valence-electron chi connectivity index (χ1n) is 4.15. The Labute approximate surface area is 88.1 Å². The molecule has 0 aliphatic carbocycles. The van der Waals surface area contributed by atoms with E-state index in [0.717, 1.165) is 0 Å². The Morgan fingerprint density at radius 2 is 1.75 bits per heavy atom. The van der Waals surface area contributed by atoms with Crippen LogP contribution in [0, 0.1) is 17.5 Å². The number of aliphatic hydroxyl groups is 2. The second-order valence-electron chi connectivity index (χ2n) is 3.06. The van der Waals surface area contributed by atoms with Crippen LogP contribution in [0.3, 0.4) is 0 Å². The van der Waals surface area contributed by atoms with Crippen molar-refractivity contribution < 1.29 is 28.2 Å². The summed E-state index contributed by atoms with van der Waals surface area (Å²) < 4.78 is 38.4. The van der Waals surface area contributed by atoms with Gasteiger partial charge in [-0.15, -0.1) is 0 Å². The standard InChI is InChI=1S/C9H8F3NO3/c10-4-2-1-3(5(11)6(4)12)7(14)8(15)9(13)16/h1-2,7-8,14-15H,(H2,13,16). The molecule has 2 unspecified atom stereocenters. The first-order chi connectivity index (χ1) is 7.36. The quantitative estimate of drug-likeness (QED) is 0.644. The average molecular weight is 235 g/mol. The van der Waals surface area contributed by atoms with E-state index < -0.39 is 41.1 Å². The molecule has 88 valence electrons. The van der Waals surface area contributed by atoms with Crippen LogP contribution < -0.4 is 5.73 Å². The van der Waals surface area contributed by atoms with Gasteiger partial charge in [0, 0.05) is 5.56 Å². The Bertz CT molecular complexity index is 425. The van der Waals surface area contributed by atoms with E-state index in [-0.39, 0.29) is 0 Å². The third-order valence-electron chi connectivity index (χ3n) is 1.97. The van der Waals surface area contributed by atoms with Crippen molar-refractivity contribution in [2.24, 2.45) is 5.73 Å². The zero-order chi connectivity index (χ0) is 12.5. The molecule has 0 aromatic heterocycles. The second kappa shape index (κ2) is 4.50. The summed E-state index contributed by atoms with van der Waals surface area (Å²) in [5.74, 6) is -6.22. The van der Waals surface area contributed by atoms with Gasteiger partial charge in [0.2, 0.25) is 5.91 Å². The molecular weight excluding hydrogens is 227 g/mol. The summed E-state index contributed by atoms with van der Waals surface area (Å²) in [6.07, 6.45) is -4.15. The Balaban J connectivity index is 3.14. The van der Waals surface area contributed by atoms with Gasteiger partial charge in [0.25, 0.3) is 0 Å². The van der Waals surface area contributed by atoms with Gasteiger partial charge in [-0.2, -0.15) is 0 Å². The number of hydrogen-bond donors (Lipinski definition) is 3. The molecule has 0 radical (unpaired) electrons. The van der Waals surface area contributed by atoms with Gasteiger partial charge in [0.05, 0.1) is 0 Å². The smallest absolute Gasteiger partial charge is 0.249 e. The molecule has 1 aromatic carbocycles. The molecule has 4 N–H and O–H groups in total. The topological polar surface area (TPSA) is 83.6 Å². The van der Waals surface area contributed by atoms with Gasteiger partial charge < -0.3 is 15.9 Å². The van der Waals surface area contributed by atoms with Crippen LogP contribution in [0.4, 0.5) is 13.2 Å². The third-order valence-corrected chi connectivity index (χ3v) is 1.97. The van der Waals surface area contributed by atoms with Gasteiger partial charge in [0.15, 0.2) is 23.6 Å². The van der Waals surface area contributed by atoms with Crippen molar-refractivity contribution in [2.45, 2.75) is 12.2 Å². The lowest BCUT2D eigenvalue weighted by Crippen LogP contribution is -2.34. The van der Waals surface area contributed by atoms with Gasteiger partial charge in [-0.25, -0.2) is 13.2 Å². The first kappa shape index (κ1) is 12.5. The van der Waals surface area contributed by atoms with Crippen LogP contribution in [0.25, 0.3) is 0 Å². The summed E-state index contributed by atoms with van der Waals surface area (Å²) in [5, 5.41) is 18.3. The lowest BCUT2D eigenvalue weighted by atomic mass is 10.0. The summed E-state index contributed by atoms with van der Waals surface area (Å²) >= 11 is 0. The average Bonchev–Trinajstić information content (AvgIpc) is 2.24. The molecule has 0 saturated heterocycles. The van der Waals surface area contributed by atoms with E-state index in [2.05, 4.69) is 5.73 Å². The molecule has 0 aliphatic rings. The van der Waals surface area contributed by atoms with Crippen LogP contribution in [0.2, 0.25) is 0 Å². The Morgan fingerprint density at radius 1 is 1.19 bits per heavy atom. The van der Waals surface area contributed by atoms with Crippen LogP contribution in [0.15, 0.2) is 12.1 Å². The fourth-order valence-corrected chi connectivity index (χ4v) is 1.09. The number of hydrogen-bond acceptors (Lipinski definition) is 3. The van der Waals surface area contributed by atoms with Crippen LogP contribution in [0.1, 0.15) is 11.7 Å². The van der Waals surface area contributed by atoms with Crippen molar-refractivity contribution in [3.05, 3.63) is 35.1 Å². The predicted octanol–water partition coefficient (Wildman–Crippen LogP) is -0.0165. The Hall–Kier alpha value is -1.60. The highest BCUT2D eigenvalue weighted by molar-refractivity contribution is 5.79. The summed E-state index contributed by atoms with van der Waals surface area (Å²) in [7, 11) is 0. The second-order valence-corrected chi connectivity index (χ2v) is 3.06. The number of benzene rings is 1. The minimum absolute atomic E-state index is 0.560. The number of carbonyl (C=O) groups excluding carboxylic acids is 1. The van der Waals surface area contributed by atoms with Gasteiger partial charge >= 0.3 is 0 Å². The fraction of sp³-hybridized carbons (Fsp3) is 0.222. The molecule has 0 saturated carbocycles. The summed E-state index contributed by atoms with van der Waals surface area (Å²) in [6.45, 7) is 0. The third kappa shape index (κ3) is 2.15. The minimum atomic E-state index is -2.10. The van der Waals surface area contributed by atoms with E-state index in [1.54, 1.807) is 0 Å². The summed E-state index contributed by atoms with van der Waals surface area (Å²) in [6, 6.07) is 1.27. The molecule has 1 amide bonds. The Morgan fingerprint density at radius 3 is 2.25 bits per heavy atom. The van der Waals surface area contributed by atoms with Gasteiger partial charge in [-0.1, -0.05) is 6.07 Å². The van der Waals surface area contributed by atoms with E-state index in [1.807, 2.05) is 0 Å². The number of rotatable bonds is 3. The van der Waals surface area contributed by atoms with E-state index in [9.17, 15) is 23.1 Å². The van der Waals surface area contributed by atoms with E-state index in [0.29, 0.717) is 12.1 Å². The SMILES string of the molecule is NC(=O)C(O)C(O)c1ccc(F)c(F)c1F. The molecule has 0 heterocycles. The molecule has 0 bridgehead atoms. The van der Waals surface area contributed by atoms with Gasteiger partial charge in [0.1, 0.15) is 6.10 Å². The predicted molar refractivity (Wildman–Crippen MR) is 46.5 cm³/mol. The molecule has 4 nitrogen and oxygen atoms in total. The van der Waals surface area contributed by atoms with Crippen LogP contribution in [-0.4, -0.2) is 22.2 Å². The van der Waals surface area contributed by atoms with Crippen molar-refractivity contribution >= 4 is 5.91 Å².